The van der Waals surface area contributed by atoms with Crippen LogP contribution in [-0.2, 0) is 6.42 Å². The van der Waals surface area contributed by atoms with Crippen LogP contribution < -0.4 is 5.32 Å². The van der Waals surface area contributed by atoms with Crippen LogP contribution in [0.5, 0.6) is 0 Å². The summed E-state index contributed by atoms with van der Waals surface area (Å²) in [4.78, 5) is 10.1. The minimum Gasteiger partial charge on any atom is -0.385 e. The van der Waals surface area contributed by atoms with E-state index in [0.29, 0.717) is 0 Å². The molecular formula is C14H13BrN2O2. The SMILES string of the molecule is O=[N+]([O-])c1ccc(CCNc2cccc(Br)c2)cc1. The van der Waals surface area contributed by atoms with Gasteiger partial charge < -0.3 is 5.32 Å². The molecule has 0 radical (unpaired) electrons. The van der Waals surface area contributed by atoms with Crippen molar-refractivity contribution in [3.8, 4) is 0 Å². The van der Waals surface area contributed by atoms with Crippen molar-refractivity contribution in [1.29, 1.82) is 0 Å². The molecule has 0 atom stereocenters. The number of hydrogen-bond acceptors (Lipinski definition) is 3. The number of nitro groups is 1. The largest absolute Gasteiger partial charge is 0.385 e. The van der Waals surface area contributed by atoms with Crippen LogP contribution in [0.4, 0.5) is 11.4 Å². The van der Waals surface area contributed by atoms with Gasteiger partial charge in [0.05, 0.1) is 4.92 Å². The van der Waals surface area contributed by atoms with E-state index < -0.39 is 0 Å². The second-order valence-electron chi connectivity index (χ2n) is 4.11. The Morgan fingerprint density at radius 3 is 2.53 bits per heavy atom. The number of non-ortho nitro benzene ring substituents is 1. The Kier molecular flexibility index (Phi) is 4.52. The molecule has 5 heteroatoms. The minimum atomic E-state index is -0.385. The summed E-state index contributed by atoms with van der Waals surface area (Å²) in [6, 6.07) is 14.6. The second-order valence-corrected chi connectivity index (χ2v) is 5.03. The number of nitro benzene ring substituents is 1. The number of nitrogens with one attached hydrogen (secondary N) is 1. The topological polar surface area (TPSA) is 55.2 Å². The smallest absolute Gasteiger partial charge is 0.269 e. The third kappa shape index (κ3) is 4.06. The van der Waals surface area contributed by atoms with Crippen molar-refractivity contribution in [2.75, 3.05) is 11.9 Å². The molecule has 0 aliphatic heterocycles. The Hall–Kier alpha value is -1.88. The van der Waals surface area contributed by atoms with Gasteiger partial charge >= 0.3 is 0 Å². The summed E-state index contributed by atoms with van der Waals surface area (Å²) >= 11 is 3.42. The standard InChI is InChI=1S/C14H13BrN2O2/c15-12-2-1-3-13(10-12)16-9-8-11-4-6-14(7-5-11)17(18)19/h1-7,10,16H,8-9H2. The number of nitrogens with zero attached hydrogens (tertiary/aromatic N) is 1. The molecule has 0 heterocycles. The molecule has 2 aromatic carbocycles. The highest BCUT2D eigenvalue weighted by atomic mass is 79.9. The van der Waals surface area contributed by atoms with E-state index in [1.54, 1.807) is 12.1 Å². The highest BCUT2D eigenvalue weighted by molar-refractivity contribution is 9.10. The molecule has 0 spiro atoms. The summed E-state index contributed by atoms with van der Waals surface area (Å²) in [5.41, 5.74) is 2.26. The third-order valence-corrected chi connectivity index (χ3v) is 3.21. The highest BCUT2D eigenvalue weighted by Gasteiger charge is 2.03. The summed E-state index contributed by atoms with van der Waals surface area (Å²) in [5, 5.41) is 13.8. The molecule has 4 nitrogen and oxygen atoms in total. The number of halogens is 1. The van der Waals surface area contributed by atoms with Gasteiger partial charge in [0.1, 0.15) is 0 Å². The first-order chi connectivity index (χ1) is 9.15. The lowest BCUT2D eigenvalue weighted by Crippen LogP contribution is -2.04. The van der Waals surface area contributed by atoms with E-state index in [2.05, 4.69) is 21.2 Å². The molecule has 0 amide bonds. The first-order valence-electron chi connectivity index (χ1n) is 5.88. The van der Waals surface area contributed by atoms with E-state index in [1.165, 1.54) is 12.1 Å². The van der Waals surface area contributed by atoms with Gasteiger partial charge in [0, 0.05) is 28.8 Å². The lowest BCUT2D eigenvalue weighted by Gasteiger charge is -2.06. The highest BCUT2D eigenvalue weighted by Crippen LogP contribution is 2.16. The van der Waals surface area contributed by atoms with Gasteiger partial charge in [-0.2, -0.15) is 0 Å². The molecule has 0 bridgehead atoms. The summed E-state index contributed by atoms with van der Waals surface area (Å²) in [6.07, 6.45) is 0.824. The van der Waals surface area contributed by atoms with Crippen molar-refractivity contribution in [2.45, 2.75) is 6.42 Å². The van der Waals surface area contributed by atoms with Gasteiger partial charge in [0.25, 0.3) is 5.69 Å². The van der Waals surface area contributed by atoms with E-state index in [0.717, 1.165) is 28.7 Å². The van der Waals surface area contributed by atoms with Crippen LogP contribution in [0.1, 0.15) is 5.56 Å². The Balaban J connectivity index is 1.87. The van der Waals surface area contributed by atoms with Gasteiger partial charge in [-0.05, 0) is 30.2 Å². The minimum absolute atomic E-state index is 0.128. The van der Waals surface area contributed by atoms with E-state index in [-0.39, 0.29) is 10.6 Å². The number of benzene rings is 2. The zero-order chi connectivity index (χ0) is 13.7. The van der Waals surface area contributed by atoms with Crippen LogP contribution in [0.15, 0.2) is 53.0 Å². The van der Waals surface area contributed by atoms with E-state index in [4.69, 9.17) is 0 Å². The number of hydrogen-bond donors (Lipinski definition) is 1. The molecule has 0 saturated heterocycles. The van der Waals surface area contributed by atoms with Gasteiger partial charge in [-0.15, -0.1) is 0 Å². The van der Waals surface area contributed by atoms with E-state index in [1.807, 2.05) is 24.3 Å². The Bertz CT molecular complexity index is 570. The molecule has 0 aliphatic carbocycles. The summed E-state index contributed by atoms with van der Waals surface area (Å²) in [5.74, 6) is 0. The lowest BCUT2D eigenvalue weighted by atomic mass is 10.1. The zero-order valence-corrected chi connectivity index (χ0v) is 11.8. The second kappa shape index (κ2) is 6.33. The first-order valence-corrected chi connectivity index (χ1v) is 6.67. The number of anilines is 1. The molecule has 19 heavy (non-hydrogen) atoms. The molecule has 0 fully saturated rings. The molecular weight excluding hydrogens is 308 g/mol. The van der Waals surface area contributed by atoms with Crippen molar-refractivity contribution in [3.63, 3.8) is 0 Å². The maximum absolute atomic E-state index is 10.5. The fourth-order valence-electron chi connectivity index (χ4n) is 1.73. The van der Waals surface area contributed by atoms with Crippen molar-refractivity contribution in [3.05, 3.63) is 68.7 Å². The van der Waals surface area contributed by atoms with Gasteiger partial charge in [-0.25, -0.2) is 0 Å². The van der Waals surface area contributed by atoms with Crippen LogP contribution in [0, 0.1) is 10.1 Å². The van der Waals surface area contributed by atoms with Crippen molar-refractivity contribution < 1.29 is 4.92 Å². The van der Waals surface area contributed by atoms with Crippen LogP contribution in [0.3, 0.4) is 0 Å². The fourth-order valence-corrected chi connectivity index (χ4v) is 2.13. The van der Waals surface area contributed by atoms with E-state index in [9.17, 15) is 10.1 Å². The molecule has 0 aliphatic rings. The number of rotatable bonds is 5. The predicted octanol–water partition coefficient (Wildman–Crippen LogP) is 4.01. The van der Waals surface area contributed by atoms with Gasteiger partial charge in [0.2, 0.25) is 0 Å². The zero-order valence-electron chi connectivity index (χ0n) is 10.2. The summed E-state index contributed by atoms with van der Waals surface area (Å²) < 4.78 is 1.04. The molecule has 2 aromatic rings. The van der Waals surface area contributed by atoms with Gasteiger partial charge in [-0.1, -0.05) is 34.1 Å². The van der Waals surface area contributed by atoms with Crippen molar-refractivity contribution >= 4 is 27.3 Å². The van der Waals surface area contributed by atoms with Crippen molar-refractivity contribution in [1.82, 2.24) is 0 Å². The molecule has 1 N–H and O–H groups in total. The maximum Gasteiger partial charge on any atom is 0.269 e. The quantitative estimate of drug-likeness (QED) is 0.669. The Morgan fingerprint density at radius 1 is 1.16 bits per heavy atom. The fraction of sp³-hybridized carbons (Fsp3) is 0.143. The molecule has 98 valence electrons. The van der Waals surface area contributed by atoms with Crippen LogP contribution in [0.25, 0.3) is 0 Å². The average Bonchev–Trinajstić information content (AvgIpc) is 2.39. The van der Waals surface area contributed by atoms with Crippen LogP contribution in [0.2, 0.25) is 0 Å². The third-order valence-electron chi connectivity index (χ3n) is 2.71. The van der Waals surface area contributed by atoms with Crippen LogP contribution in [-0.4, -0.2) is 11.5 Å². The first kappa shape index (κ1) is 13.5. The maximum atomic E-state index is 10.5. The van der Waals surface area contributed by atoms with E-state index >= 15 is 0 Å². The predicted molar refractivity (Wildman–Crippen MR) is 79.4 cm³/mol. The molecule has 0 saturated carbocycles. The summed E-state index contributed by atoms with van der Waals surface area (Å²) in [6.45, 7) is 0.786. The molecule has 0 unspecified atom stereocenters. The van der Waals surface area contributed by atoms with Gasteiger partial charge in [0.15, 0.2) is 0 Å². The molecule has 0 aromatic heterocycles. The average molecular weight is 321 g/mol. The van der Waals surface area contributed by atoms with Crippen molar-refractivity contribution in [2.24, 2.45) is 0 Å². The Labute approximate surface area is 119 Å². The summed E-state index contributed by atoms with van der Waals surface area (Å²) in [7, 11) is 0. The normalized spacial score (nSPS) is 10.2. The monoisotopic (exact) mass is 320 g/mol. The van der Waals surface area contributed by atoms with Crippen LogP contribution >= 0.6 is 15.9 Å². The Morgan fingerprint density at radius 2 is 1.89 bits per heavy atom. The lowest BCUT2D eigenvalue weighted by molar-refractivity contribution is -0.384. The molecule has 2 rings (SSSR count). The van der Waals surface area contributed by atoms with Gasteiger partial charge in [-0.3, -0.25) is 10.1 Å².